The van der Waals surface area contributed by atoms with Gasteiger partial charge in [0, 0.05) is 22.1 Å². The van der Waals surface area contributed by atoms with Gasteiger partial charge in [-0.2, -0.15) is 0 Å². The SMILES string of the molecule is CC(C)(C1=CC(CO)C(=O)C(CO)=C1)c1cc(CO)c(O)c(CO)c1. The average molecular weight is 348 g/mol. The Bertz CT molecular complexity index is 704. The van der Waals surface area contributed by atoms with Crippen LogP contribution in [0.2, 0.25) is 0 Å². The molecule has 0 saturated carbocycles. The summed E-state index contributed by atoms with van der Waals surface area (Å²) in [5.74, 6) is -1.16. The fraction of sp³-hybridized carbons (Fsp3) is 0.421. The number of hydrogen-bond acceptors (Lipinski definition) is 6. The summed E-state index contributed by atoms with van der Waals surface area (Å²) in [6, 6.07) is 3.29. The van der Waals surface area contributed by atoms with E-state index >= 15 is 0 Å². The van der Waals surface area contributed by atoms with E-state index in [-0.39, 0.29) is 36.9 Å². The van der Waals surface area contributed by atoms with E-state index in [2.05, 4.69) is 0 Å². The molecule has 0 heterocycles. The molecule has 1 atom stereocenters. The summed E-state index contributed by atoms with van der Waals surface area (Å²) in [6.45, 7) is 2.26. The summed E-state index contributed by atoms with van der Waals surface area (Å²) >= 11 is 0. The molecule has 2 rings (SSSR count). The minimum atomic E-state index is -0.715. The first-order valence-corrected chi connectivity index (χ1v) is 8.05. The van der Waals surface area contributed by atoms with Crippen molar-refractivity contribution in [2.45, 2.75) is 32.5 Å². The summed E-state index contributed by atoms with van der Waals surface area (Å²) < 4.78 is 0. The lowest BCUT2D eigenvalue weighted by atomic mass is 9.72. The monoisotopic (exact) mass is 348 g/mol. The largest absolute Gasteiger partial charge is 0.507 e. The molecule has 0 fully saturated rings. The highest BCUT2D eigenvalue weighted by Gasteiger charge is 2.32. The lowest BCUT2D eigenvalue weighted by Gasteiger charge is -2.32. The lowest BCUT2D eigenvalue weighted by Crippen LogP contribution is -2.29. The highest BCUT2D eigenvalue weighted by atomic mass is 16.3. The second kappa shape index (κ2) is 7.49. The van der Waals surface area contributed by atoms with Crippen molar-refractivity contribution in [1.82, 2.24) is 0 Å². The number of Topliss-reactive ketones (excluding diaryl/α,β-unsaturated/α-hetero) is 1. The van der Waals surface area contributed by atoms with E-state index in [4.69, 9.17) is 0 Å². The van der Waals surface area contributed by atoms with Crippen LogP contribution >= 0.6 is 0 Å². The Labute approximate surface area is 146 Å². The number of hydrogen-bond donors (Lipinski definition) is 5. The number of phenols is 1. The van der Waals surface area contributed by atoms with E-state index in [1.807, 2.05) is 13.8 Å². The molecule has 1 aromatic carbocycles. The molecule has 1 aliphatic rings. The predicted octanol–water partition coefficient (Wildman–Crippen LogP) is 0.691. The van der Waals surface area contributed by atoms with E-state index in [0.717, 1.165) is 11.1 Å². The molecule has 1 aliphatic carbocycles. The van der Waals surface area contributed by atoms with Gasteiger partial charge in [-0.3, -0.25) is 4.79 Å². The van der Waals surface area contributed by atoms with Crippen molar-refractivity contribution in [2.24, 2.45) is 5.92 Å². The van der Waals surface area contributed by atoms with Crippen molar-refractivity contribution in [3.05, 3.63) is 52.1 Å². The Morgan fingerprint density at radius 2 is 1.56 bits per heavy atom. The van der Waals surface area contributed by atoms with Gasteiger partial charge in [0.05, 0.1) is 32.3 Å². The van der Waals surface area contributed by atoms with E-state index in [9.17, 15) is 30.3 Å². The lowest BCUT2D eigenvalue weighted by molar-refractivity contribution is -0.119. The number of benzene rings is 1. The van der Waals surface area contributed by atoms with E-state index in [1.54, 1.807) is 24.3 Å². The van der Waals surface area contributed by atoms with Gasteiger partial charge in [0.25, 0.3) is 0 Å². The molecule has 0 aromatic heterocycles. The van der Waals surface area contributed by atoms with E-state index in [0.29, 0.717) is 11.1 Å². The summed E-state index contributed by atoms with van der Waals surface area (Å²) in [7, 11) is 0. The Hall–Kier alpha value is -1.99. The van der Waals surface area contributed by atoms with Crippen LogP contribution in [-0.4, -0.2) is 44.5 Å². The van der Waals surface area contributed by atoms with Crippen molar-refractivity contribution in [3.63, 3.8) is 0 Å². The van der Waals surface area contributed by atoms with Crippen LogP contribution in [0.5, 0.6) is 5.75 Å². The summed E-state index contributed by atoms with van der Waals surface area (Å²) in [5, 5.41) is 47.8. The molecule has 1 unspecified atom stereocenters. The molecule has 25 heavy (non-hydrogen) atoms. The second-order valence-electron chi connectivity index (χ2n) is 6.69. The minimum Gasteiger partial charge on any atom is -0.507 e. The third-order valence-electron chi connectivity index (χ3n) is 4.78. The maximum atomic E-state index is 12.1. The van der Waals surface area contributed by atoms with Crippen molar-refractivity contribution >= 4 is 5.78 Å². The number of carbonyl (C=O) groups excluding carboxylic acids is 1. The van der Waals surface area contributed by atoms with Gasteiger partial charge in [-0.25, -0.2) is 0 Å². The van der Waals surface area contributed by atoms with Crippen LogP contribution < -0.4 is 0 Å². The molecule has 5 N–H and O–H groups in total. The molecule has 6 nitrogen and oxygen atoms in total. The first kappa shape index (κ1) is 19.3. The molecule has 0 radical (unpaired) electrons. The van der Waals surface area contributed by atoms with Gasteiger partial charge >= 0.3 is 0 Å². The molecular weight excluding hydrogens is 324 g/mol. The highest BCUT2D eigenvalue weighted by Crippen LogP contribution is 2.39. The number of aromatic hydroxyl groups is 1. The number of aliphatic hydroxyl groups is 4. The Kier molecular flexibility index (Phi) is 5.80. The zero-order valence-corrected chi connectivity index (χ0v) is 14.4. The van der Waals surface area contributed by atoms with Crippen LogP contribution in [0.3, 0.4) is 0 Å². The topological polar surface area (TPSA) is 118 Å². The Balaban J connectivity index is 2.58. The molecule has 136 valence electrons. The maximum Gasteiger partial charge on any atom is 0.170 e. The third-order valence-corrected chi connectivity index (χ3v) is 4.78. The maximum absolute atomic E-state index is 12.1. The molecule has 0 aliphatic heterocycles. The van der Waals surface area contributed by atoms with Crippen LogP contribution in [0.25, 0.3) is 0 Å². The van der Waals surface area contributed by atoms with Gasteiger partial charge in [-0.15, -0.1) is 0 Å². The minimum absolute atomic E-state index is 0.142. The molecule has 0 saturated heterocycles. The fourth-order valence-corrected chi connectivity index (χ4v) is 3.01. The number of ketones is 1. The molecule has 1 aromatic rings. The average Bonchev–Trinajstić information content (AvgIpc) is 2.61. The van der Waals surface area contributed by atoms with Gasteiger partial charge < -0.3 is 25.5 Å². The summed E-state index contributed by atoms with van der Waals surface area (Å²) in [5.41, 5.74) is 1.64. The zero-order valence-electron chi connectivity index (χ0n) is 14.4. The smallest absolute Gasteiger partial charge is 0.170 e. The zero-order chi connectivity index (χ0) is 18.8. The molecule has 0 bridgehead atoms. The van der Waals surface area contributed by atoms with Gasteiger partial charge in [0.2, 0.25) is 0 Å². The Morgan fingerprint density at radius 3 is 2.00 bits per heavy atom. The van der Waals surface area contributed by atoms with E-state index in [1.165, 1.54) is 0 Å². The van der Waals surface area contributed by atoms with Crippen molar-refractivity contribution in [1.29, 1.82) is 0 Å². The van der Waals surface area contributed by atoms with Crippen molar-refractivity contribution < 1.29 is 30.3 Å². The molecule has 0 amide bonds. The van der Waals surface area contributed by atoms with Crippen molar-refractivity contribution in [2.75, 3.05) is 13.2 Å². The first-order valence-electron chi connectivity index (χ1n) is 8.05. The van der Waals surface area contributed by atoms with Crippen LogP contribution in [0, 0.1) is 5.92 Å². The first-order chi connectivity index (χ1) is 11.8. The number of aliphatic hydroxyl groups excluding tert-OH is 4. The fourth-order valence-electron chi connectivity index (χ4n) is 3.01. The molecule has 6 heteroatoms. The van der Waals surface area contributed by atoms with Crippen LogP contribution in [-0.2, 0) is 23.4 Å². The quantitative estimate of drug-likeness (QED) is 0.516. The summed E-state index contributed by atoms with van der Waals surface area (Å²) in [4.78, 5) is 12.1. The van der Waals surface area contributed by atoms with Gasteiger partial charge in [-0.05, 0) is 29.3 Å². The predicted molar refractivity (Wildman–Crippen MR) is 91.8 cm³/mol. The van der Waals surface area contributed by atoms with Crippen LogP contribution in [0.1, 0.15) is 30.5 Å². The number of allylic oxidation sites excluding steroid dienone is 2. The van der Waals surface area contributed by atoms with Gasteiger partial charge in [0.1, 0.15) is 5.75 Å². The molecular formula is C19H24O6. The van der Waals surface area contributed by atoms with Crippen LogP contribution in [0.4, 0.5) is 0 Å². The Morgan fingerprint density at radius 1 is 1.00 bits per heavy atom. The number of rotatable bonds is 6. The normalized spacial score (nSPS) is 18.2. The van der Waals surface area contributed by atoms with E-state index < -0.39 is 17.9 Å². The van der Waals surface area contributed by atoms with Gasteiger partial charge in [0.15, 0.2) is 5.78 Å². The number of carbonyl (C=O) groups is 1. The highest BCUT2D eigenvalue weighted by molar-refractivity contribution is 6.00. The van der Waals surface area contributed by atoms with Gasteiger partial charge in [-0.1, -0.05) is 19.9 Å². The van der Waals surface area contributed by atoms with Crippen LogP contribution in [0.15, 0.2) is 35.4 Å². The third kappa shape index (κ3) is 3.52. The van der Waals surface area contributed by atoms with Crippen molar-refractivity contribution in [3.8, 4) is 5.75 Å². The molecule has 0 spiro atoms. The standard InChI is InChI=1S/C19H24O6/c1-19(2,15-3-11(7-20)17(24)12(4-15)8-21)16-5-13(9-22)18(25)14(6-16)10-23/h3-6,11,20-23,25H,7-10H2,1-2H3. The second-order valence-corrected chi connectivity index (χ2v) is 6.69. The summed E-state index contributed by atoms with van der Waals surface area (Å²) in [6.07, 6.45) is 3.28.